The van der Waals surface area contributed by atoms with Crippen LogP contribution in [0.15, 0.2) is 0 Å². The molecule has 0 saturated carbocycles. The molecule has 0 saturated heterocycles. The van der Waals surface area contributed by atoms with Gasteiger partial charge in [-0.25, -0.2) is 0 Å². The molecular formula is C5H10N6O. The highest BCUT2D eigenvalue weighted by atomic mass is 16.5. The average molecular weight is 170 g/mol. The van der Waals surface area contributed by atoms with E-state index in [1.54, 1.807) is 7.05 Å². The van der Waals surface area contributed by atoms with E-state index in [4.69, 9.17) is 22.1 Å². The Labute approximate surface area is 68.1 Å². The van der Waals surface area contributed by atoms with Gasteiger partial charge in [-0.05, 0) is 0 Å². The third-order valence-electron chi connectivity index (χ3n) is 1.43. The van der Waals surface area contributed by atoms with Gasteiger partial charge in [0, 0.05) is 7.05 Å². The first kappa shape index (κ1) is 8.18. The molecule has 0 amide bonds. The predicted molar refractivity (Wildman–Crippen MR) is 43.6 cm³/mol. The number of anilines is 3. The van der Waals surface area contributed by atoms with Crippen LogP contribution in [-0.2, 0) is 0 Å². The standard InChI is InChI=1S/C5H10N6O/c1-9-5-3(7)2(6)4(8)11(12)10-5/h8,12H,6-7H2,1H3,(H,9,10). The Morgan fingerprint density at radius 3 is 2.58 bits per heavy atom. The van der Waals surface area contributed by atoms with Crippen LogP contribution in [0.5, 0.6) is 0 Å². The Morgan fingerprint density at radius 1 is 1.50 bits per heavy atom. The van der Waals surface area contributed by atoms with Crippen LogP contribution in [0.3, 0.4) is 0 Å². The third-order valence-corrected chi connectivity index (χ3v) is 1.43. The van der Waals surface area contributed by atoms with Crippen LogP contribution in [0.4, 0.5) is 17.2 Å². The average Bonchev–Trinajstić information content (AvgIpc) is 2.08. The van der Waals surface area contributed by atoms with Crippen molar-refractivity contribution in [2.45, 2.75) is 0 Å². The maximum absolute atomic E-state index is 8.98. The molecule has 0 aliphatic rings. The Balaban J connectivity index is 3.50. The second-order valence-corrected chi connectivity index (χ2v) is 2.16. The first-order valence-electron chi connectivity index (χ1n) is 3.17. The summed E-state index contributed by atoms with van der Waals surface area (Å²) >= 11 is 0. The highest BCUT2D eigenvalue weighted by Crippen LogP contribution is 2.16. The molecule has 1 heterocycles. The summed E-state index contributed by atoms with van der Waals surface area (Å²) in [5.41, 5.74) is 10.7. The van der Waals surface area contributed by atoms with Gasteiger partial charge in [0.25, 0.3) is 0 Å². The second kappa shape index (κ2) is 2.61. The first-order valence-corrected chi connectivity index (χ1v) is 3.17. The zero-order chi connectivity index (χ0) is 9.30. The summed E-state index contributed by atoms with van der Waals surface area (Å²) in [5.74, 6) is 0.242. The molecule has 1 rings (SSSR count). The smallest absolute Gasteiger partial charge is 0.207 e. The number of nitrogens with two attached hydrogens (primary N) is 2. The van der Waals surface area contributed by atoms with Crippen molar-refractivity contribution in [2.24, 2.45) is 0 Å². The minimum atomic E-state index is -0.327. The van der Waals surface area contributed by atoms with E-state index in [2.05, 4.69) is 10.4 Å². The lowest BCUT2D eigenvalue weighted by atomic mass is 10.4. The van der Waals surface area contributed by atoms with Crippen LogP contribution in [0.25, 0.3) is 0 Å². The Kier molecular flexibility index (Phi) is 1.78. The Bertz CT molecular complexity index is 356. The summed E-state index contributed by atoms with van der Waals surface area (Å²) in [6.45, 7) is 0. The summed E-state index contributed by atoms with van der Waals surface area (Å²) in [5, 5.41) is 22.3. The lowest BCUT2D eigenvalue weighted by Gasteiger charge is -2.07. The van der Waals surface area contributed by atoms with Gasteiger partial charge in [0.2, 0.25) is 5.49 Å². The molecule has 0 atom stereocenters. The highest BCUT2D eigenvalue weighted by Gasteiger charge is 2.07. The summed E-state index contributed by atoms with van der Waals surface area (Å²) in [7, 11) is 1.59. The van der Waals surface area contributed by atoms with Gasteiger partial charge in [-0.1, -0.05) is 4.85 Å². The molecule has 0 aromatic carbocycles. The Morgan fingerprint density at radius 2 is 2.08 bits per heavy atom. The highest BCUT2D eigenvalue weighted by molar-refractivity contribution is 5.73. The van der Waals surface area contributed by atoms with E-state index < -0.39 is 0 Å². The molecule has 7 heteroatoms. The molecule has 7 nitrogen and oxygen atoms in total. The van der Waals surface area contributed by atoms with Gasteiger partial charge >= 0.3 is 0 Å². The van der Waals surface area contributed by atoms with Gasteiger partial charge in [-0.2, -0.15) is 0 Å². The fourth-order valence-electron chi connectivity index (χ4n) is 0.746. The second-order valence-electron chi connectivity index (χ2n) is 2.16. The van der Waals surface area contributed by atoms with Gasteiger partial charge in [-0.3, -0.25) is 5.41 Å². The van der Waals surface area contributed by atoms with Crippen LogP contribution in [0.2, 0.25) is 0 Å². The topological polar surface area (TPSA) is 126 Å². The van der Waals surface area contributed by atoms with Crippen LogP contribution in [0, 0.1) is 5.41 Å². The summed E-state index contributed by atoms with van der Waals surface area (Å²) < 4.78 is 0. The largest absolute Gasteiger partial charge is 0.410 e. The fraction of sp³-hybridized carbons (Fsp3) is 0.200. The SMILES string of the molecule is CNc1nn(O)c(=N)c(N)c1N. The number of nitrogens with zero attached hydrogens (tertiary/aromatic N) is 2. The quantitative estimate of drug-likeness (QED) is 0.338. The predicted octanol–water partition coefficient (Wildman–Crippen LogP) is -1.19. The number of hydrogen-bond acceptors (Lipinski definition) is 6. The van der Waals surface area contributed by atoms with E-state index in [-0.39, 0.29) is 22.7 Å². The van der Waals surface area contributed by atoms with Crippen LogP contribution >= 0.6 is 0 Å². The van der Waals surface area contributed by atoms with Crippen LogP contribution < -0.4 is 22.3 Å². The van der Waals surface area contributed by atoms with Gasteiger partial charge in [-0.15, -0.1) is 5.10 Å². The molecule has 1 aromatic rings. The minimum absolute atomic E-state index is 0.00292. The van der Waals surface area contributed by atoms with Gasteiger partial charge < -0.3 is 22.0 Å². The van der Waals surface area contributed by atoms with Crippen LogP contribution in [-0.4, -0.2) is 22.2 Å². The maximum atomic E-state index is 8.98. The fourth-order valence-corrected chi connectivity index (χ4v) is 0.746. The number of nitrogens with one attached hydrogen (secondary N) is 2. The molecule has 0 spiro atoms. The zero-order valence-corrected chi connectivity index (χ0v) is 6.50. The van der Waals surface area contributed by atoms with E-state index >= 15 is 0 Å². The lowest BCUT2D eigenvalue weighted by Crippen LogP contribution is -2.26. The van der Waals surface area contributed by atoms with Crippen molar-refractivity contribution in [3.63, 3.8) is 0 Å². The summed E-state index contributed by atoms with van der Waals surface area (Å²) in [6, 6.07) is 0. The maximum Gasteiger partial charge on any atom is 0.207 e. The van der Waals surface area contributed by atoms with E-state index in [0.717, 1.165) is 0 Å². The third kappa shape index (κ3) is 1.00. The molecule has 66 valence electrons. The van der Waals surface area contributed by atoms with E-state index in [1.165, 1.54) is 0 Å². The van der Waals surface area contributed by atoms with Gasteiger partial charge in [0.05, 0.1) is 0 Å². The number of aromatic nitrogens is 2. The van der Waals surface area contributed by atoms with Crippen molar-refractivity contribution in [3.8, 4) is 0 Å². The van der Waals surface area contributed by atoms with Crippen molar-refractivity contribution < 1.29 is 5.21 Å². The summed E-state index contributed by atoms with van der Waals surface area (Å²) in [4.78, 5) is 0.359. The molecule has 0 aliphatic heterocycles. The monoisotopic (exact) mass is 170 g/mol. The van der Waals surface area contributed by atoms with Crippen molar-refractivity contribution in [2.75, 3.05) is 23.8 Å². The van der Waals surface area contributed by atoms with Crippen molar-refractivity contribution in [3.05, 3.63) is 5.49 Å². The number of rotatable bonds is 1. The molecule has 1 aromatic heterocycles. The number of hydrogen-bond donors (Lipinski definition) is 5. The molecule has 0 aliphatic carbocycles. The van der Waals surface area contributed by atoms with Crippen LogP contribution in [0.1, 0.15) is 0 Å². The van der Waals surface area contributed by atoms with Crippen molar-refractivity contribution in [1.82, 2.24) is 9.94 Å². The molecule has 12 heavy (non-hydrogen) atoms. The van der Waals surface area contributed by atoms with E-state index in [1.807, 2.05) is 0 Å². The molecule has 0 fully saturated rings. The molecule has 0 radical (unpaired) electrons. The van der Waals surface area contributed by atoms with Crippen molar-refractivity contribution in [1.29, 1.82) is 5.41 Å². The normalized spacial score (nSPS) is 9.75. The van der Waals surface area contributed by atoms with Crippen molar-refractivity contribution >= 4 is 17.2 Å². The zero-order valence-electron chi connectivity index (χ0n) is 6.50. The van der Waals surface area contributed by atoms with Gasteiger partial charge in [0.1, 0.15) is 11.4 Å². The summed E-state index contributed by atoms with van der Waals surface area (Å²) in [6.07, 6.45) is 0. The Hall–Kier alpha value is -1.92. The van der Waals surface area contributed by atoms with Gasteiger partial charge in [0.15, 0.2) is 5.82 Å². The van der Waals surface area contributed by atoms with E-state index in [0.29, 0.717) is 4.85 Å². The van der Waals surface area contributed by atoms with E-state index in [9.17, 15) is 0 Å². The number of nitrogen functional groups attached to an aromatic ring is 2. The molecule has 7 N–H and O–H groups in total. The molecular weight excluding hydrogens is 160 g/mol. The molecule has 0 unspecified atom stereocenters. The molecule has 0 bridgehead atoms. The first-order chi connectivity index (χ1) is 5.57. The minimum Gasteiger partial charge on any atom is -0.410 e. The lowest BCUT2D eigenvalue weighted by molar-refractivity contribution is 0.132.